The fourth-order valence-electron chi connectivity index (χ4n) is 6.37. The minimum Gasteiger partial charge on any atom is -0.494 e. The van der Waals surface area contributed by atoms with Gasteiger partial charge in [0.1, 0.15) is 11.6 Å². The predicted octanol–water partition coefficient (Wildman–Crippen LogP) is 4.06. The molecule has 0 bridgehead atoms. The van der Waals surface area contributed by atoms with Crippen LogP contribution in [-0.4, -0.2) is 100 Å². The summed E-state index contributed by atoms with van der Waals surface area (Å²) in [5.74, 6) is 1.23. The zero-order valence-electron chi connectivity index (χ0n) is 25.5. The number of methoxy groups -OCH3 is 1. The number of ether oxygens (including phenoxy) is 1. The largest absolute Gasteiger partial charge is 0.494 e. The van der Waals surface area contributed by atoms with Gasteiger partial charge in [-0.2, -0.15) is 0 Å². The van der Waals surface area contributed by atoms with E-state index >= 15 is 0 Å². The summed E-state index contributed by atoms with van der Waals surface area (Å²) in [6.45, 7) is 14.6. The zero-order valence-corrected chi connectivity index (χ0v) is 26.3. The molecular weight excluding hydrogens is 578 g/mol. The Hall–Kier alpha value is -4.12. The minimum absolute atomic E-state index is 0.222. The third kappa shape index (κ3) is 6.24. The summed E-state index contributed by atoms with van der Waals surface area (Å²) in [4.78, 5) is 20.0. The lowest BCUT2D eigenvalue weighted by atomic mass is 10.0. The lowest BCUT2D eigenvalue weighted by Gasteiger charge is -2.42. The number of likely N-dealkylation sites (N-methyl/N-ethyl adjacent to an activating group) is 1. The normalized spacial score (nSPS) is 18.1. The second-order valence-electron chi connectivity index (χ2n) is 11.6. The van der Waals surface area contributed by atoms with Crippen molar-refractivity contribution in [3.8, 4) is 5.75 Å². The van der Waals surface area contributed by atoms with Crippen molar-refractivity contribution in [1.82, 2.24) is 19.8 Å². The van der Waals surface area contributed by atoms with Gasteiger partial charge in [-0.25, -0.2) is 23.2 Å². The maximum atomic E-state index is 12.5. The molecule has 0 spiro atoms. The molecule has 2 fully saturated rings. The summed E-state index contributed by atoms with van der Waals surface area (Å²) in [7, 11) is 0.380. The Morgan fingerprint density at radius 3 is 2.48 bits per heavy atom. The van der Waals surface area contributed by atoms with Crippen molar-refractivity contribution < 1.29 is 13.2 Å². The van der Waals surface area contributed by atoms with Crippen LogP contribution >= 0.6 is 0 Å². The number of hydrogen-bond acceptors (Lipinski definition) is 10. The van der Waals surface area contributed by atoms with E-state index in [0.29, 0.717) is 41.8 Å². The molecule has 3 aromatic rings. The highest BCUT2D eigenvalue weighted by molar-refractivity contribution is 7.92. The van der Waals surface area contributed by atoms with Gasteiger partial charge in [0.25, 0.3) is 0 Å². The van der Waals surface area contributed by atoms with Crippen molar-refractivity contribution >= 4 is 50.2 Å². The molecule has 2 aromatic carbocycles. The quantitative estimate of drug-likeness (QED) is 0.359. The van der Waals surface area contributed by atoms with Crippen molar-refractivity contribution in [3.63, 3.8) is 0 Å². The number of sulfonamides is 1. The molecule has 232 valence electrons. The van der Waals surface area contributed by atoms with E-state index in [1.807, 2.05) is 24.3 Å². The highest BCUT2D eigenvalue weighted by atomic mass is 32.2. The van der Waals surface area contributed by atoms with Crippen LogP contribution in [0.2, 0.25) is 0 Å². The van der Waals surface area contributed by atoms with Gasteiger partial charge in [-0.1, -0.05) is 12.1 Å². The monoisotopic (exact) mass is 617 g/mol. The van der Waals surface area contributed by atoms with E-state index in [9.17, 15) is 8.42 Å². The first-order valence-corrected chi connectivity index (χ1v) is 16.8. The second-order valence-corrected chi connectivity index (χ2v) is 13.5. The molecule has 6 rings (SSSR count). The van der Waals surface area contributed by atoms with Crippen LogP contribution in [0, 0.1) is 6.57 Å². The Balaban J connectivity index is 1.17. The maximum absolute atomic E-state index is 12.5. The topological polar surface area (TPSA) is 111 Å². The van der Waals surface area contributed by atoms with Crippen LogP contribution < -0.4 is 24.6 Å². The van der Waals surface area contributed by atoms with Gasteiger partial charge in [-0.05, 0) is 50.1 Å². The molecular formula is C31H39N9O3S. The molecule has 0 saturated carbocycles. The van der Waals surface area contributed by atoms with Crippen LogP contribution in [0.3, 0.4) is 0 Å². The van der Waals surface area contributed by atoms with Crippen molar-refractivity contribution in [1.29, 1.82) is 0 Å². The van der Waals surface area contributed by atoms with E-state index in [2.05, 4.69) is 53.3 Å². The van der Waals surface area contributed by atoms with Gasteiger partial charge in [-0.3, -0.25) is 9.21 Å². The highest BCUT2D eigenvalue weighted by Gasteiger charge is 2.30. The summed E-state index contributed by atoms with van der Waals surface area (Å²) < 4.78 is 32.1. The fourth-order valence-corrected chi connectivity index (χ4v) is 7.34. The van der Waals surface area contributed by atoms with Gasteiger partial charge in [-0.15, -0.1) is 0 Å². The van der Waals surface area contributed by atoms with Gasteiger partial charge in [0.05, 0.1) is 37.0 Å². The molecule has 1 aromatic heterocycles. The van der Waals surface area contributed by atoms with Crippen molar-refractivity contribution in [3.05, 3.63) is 59.6 Å². The summed E-state index contributed by atoms with van der Waals surface area (Å²) >= 11 is 0. The van der Waals surface area contributed by atoms with E-state index in [0.717, 1.165) is 63.4 Å². The zero-order chi connectivity index (χ0) is 30.8. The number of piperazine rings is 1. The third-order valence-corrected chi connectivity index (χ3v) is 9.98. The second kappa shape index (κ2) is 12.5. The van der Waals surface area contributed by atoms with Gasteiger partial charge in [0, 0.05) is 69.8 Å². The molecule has 12 nitrogen and oxygen atoms in total. The Kier molecular flexibility index (Phi) is 8.48. The third-order valence-electron chi connectivity index (χ3n) is 8.81. The molecule has 4 heterocycles. The first kappa shape index (κ1) is 29.9. The number of fused-ring (bicyclic) bond motifs is 1. The molecule has 0 radical (unpaired) electrons. The summed E-state index contributed by atoms with van der Waals surface area (Å²) in [5, 5.41) is 6.45. The van der Waals surface area contributed by atoms with Crippen molar-refractivity contribution in [2.45, 2.75) is 25.3 Å². The number of aromatic nitrogens is 2. The summed E-state index contributed by atoms with van der Waals surface area (Å²) in [6, 6.07) is 12.3. The molecule has 3 aliphatic heterocycles. The smallest absolute Gasteiger partial charge is 0.246 e. The van der Waals surface area contributed by atoms with E-state index in [1.54, 1.807) is 13.2 Å². The fraction of sp³-hybridized carbons (Fsp3) is 0.452. The van der Waals surface area contributed by atoms with E-state index in [1.165, 1.54) is 16.8 Å². The van der Waals surface area contributed by atoms with Crippen LogP contribution in [0.1, 0.15) is 18.4 Å². The van der Waals surface area contributed by atoms with Gasteiger partial charge >= 0.3 is 0 Å². The SMILES string of the molecule is [C-]#[N+]c1cnc(Nc2ccc(N3CCC(N4CCN(C)CC4)CC3)cc2OC)nc1Nc1cccc2c1N(S(C)(=O)=O)CC2. The molecule has 13 heteroatoms. The molecule has 44 heavy (non-hydrogen) atoms. The number of nitrogens with zero attached hydrogens (tertiary/aromatic N) is 7. The minimum atomic E-state index is -3.46. The average Bonchev–Trinajstić information content (AvgIpc) is 3.48. The van der Waals surface area contributed by atoms with Crippen LogP contribution in [0.15, 0.2) is 42.6 Å². The van der Waals surface area contributed by atoms with E-state index in [4.69, 9.17) is 11.3 Å². The number of anilines is 6. The maximum Gasteiger partial charge on any atom is 0.246 e. The van der Waals surface area contributed by atoms with Crippen LogP contribution in [0.5, 0.6) is 5.75 Å². The van der Waals surface area contributed by atoms with Crippen molar-refractivity contribution in [2.75, 3.05) is 86.1 Å². The first-order valence-electron chi connectivity index (χ1n) is 15.0. The molecule has 2 N–H and O–H groups in total. The summed E-state index contributed by atoms with van der Waals surface area (Å²) in [6.07, 6.45) is 5.57. The van der Waals surface area contributed by atoms with Gasteiger partial charge in [0.15, 0.2) is 0 Å². The molecule has 0 atom stereocenters. The lowest BCUT2D eigenvalue weighted by molar-refractivity contribution is 0.0982. The molecule has 0 aliphatic carbocycles. The number of piperidine rings is 1. The average molecular weight is 618 g/mol. The summed E-state index contributed by atoms with van der Waals surface area (Å²) in [5.41, 5.74) is 4.12. The Bertz CT molecular complexity index is 1660. The number of rotatable bonds is 8. The predicted molar refractivity (Wildman–Crippen MR) is 174 cm³/mol. The van der Waals surface area contributed by atoms with E-state index < -0.39 is 10.0 Å². The number of hydrogen-bond donors (Lipinski definition) is 2. The number of para-hydroxylation sites is 1. The van der Waals surface area contributed by atoms with Crippen LogP contribution in [0.25, 0.3) is 4.85 Å². The molecule has 0 unspecified atom stereocenters. The van der Waals surface area contributed by atoms with Gasteiger partial charge < -0.3 is 25.2 Å². The Morgan fingerprint density at radius 2 is 1.77 bits per heavy atom. The van der Waals surface area contributed by atoms with Crippen LogP contribution in [-0.2, 0) is 16.4 Å². The van der Waals surface area contributed by atoms with Crippen molar-refractivity contribution in [2.24, 2.45) is 0 Å². The standard InChI is InChI=1S/C31H39N9O3S/c1-32-27-21-33-31(36-30(27)34-26-7-5-6-22-10-15-40(29(22)26)44(4,41)42)35-25-9-8-24(20-28(25)43-3)38-13-11-23(12-14-38)39-18-16-37(2)17-19-39/h5-9,20-21,23H,10-19H2,2-4H3,(H2,33,34,35,36). The Morgan fingerprint density at radius 1 is 1.00 bits per heavy atom. The Labute approximate surface area is 259 Å². The lowest BCUT2D eigenvalue weighted by Crippen LogP contribution is -2.52. The van der Waals surface area contributed by atoms with Gasteiger partial charge in [0.2, 0.25) is 21.7 Å². The van der Waals surface area contributed by atoms with Crippen LogP contribution in [0.4, 0.5) is 40.2 Å². The highest BCUT2D eigenvalue weighted by Crippen LogP contribution is 2.40. The number of benzene rings is 2. The number of nitrogens with one attached hydrogen (secondary N) is 2. The first-order chi connectivity index (χ1) is 21.2. The van der Waals surface area contributed by atoms with E-state index in [-0.39, 0.29) is 17.5 Å². The molecule has 0 amide bonds. The molecule has 3 aliphatic rings. The molecule has 2 saturated heterocycles.